The topological polar surface area (TPSA) is 58.6 Å². The van der Waals surface area contributed by atoms with Gasteiger partial charge < -0.3 is 10.1 Å². The average Bonchev–Trinajstić information content (AvgIpc) is 2.68. The summed E-state index contributed by atoms with van der Waals surface area (Å²) >= 11 is 3.50. The zero-order valence-electron chi connectivity index (χ0n) is 12.1. The molecular formula is C14H17IN2O3S. The Labute approximate surface area is 141 Å². The number of hydrogen-bond acceptors (Lipinski definition) is 4. The summed E-state index contributed by atoms with van der Waals surface area (Å²) in [4.78, 5) is 25.7. The van der Waals surface area contributed by atoms with Crippen LogP contribution in [0.3, 0.4) is 0 Å². The summed E-state index contributed by atoms with van der Waals surface area (Å²) in [5.41, 5.74) is -0.356. The lowest BCUT2D eigenvalue weighted by atomic mass is 10.1. The SMILES string of the molecule is CC(C)(C)NC(=O)OC1SCN(c2cccc(I)c2)C1=O. The Morgan fingerprint density at radius 3 is 2.81 bits per heavy atom. The largest absolute Gasteiger partial charge is 0.425 e. The molecule has 2 amide bonds. The third-order valence-corrected chi connectivity index (χ3v) is 4.31. The maximum atomic E-state index is 12.3. The van der Waals surface area contributed by atoms with Crippen LogP contribution in [-0.4, -0.2) is 28.9 Å². The number of halogens is 1. The number of nitrogens with one attached hydrogen (secondary N) is 1. The molecule has 1 heterocycles. The normalized spacial score (nSPS) is 18.8. The minimum absolute atomic E-state index is 0.203. The van der Waals surface area contributed by atoms with Crippen molar-refractivity contribution in [3.63, 3.8) is 0 Å². The second kappa shape index (κ2) is 6.43. The van der Waals surface area contributed by atoms with E-state index in [-0.39, 0.29) is 5.91 Å². The highest BCUT2D eigenvalue weighted by molar-refractivity contribution is 14.1. The van der Waals surface area contributed by atoms with Gasteiger partial charge in [-0.15, -0.1) is 0 Å². The number of rotatable bonds is 2. The van der Waals surface area contributed by atoms with Crippen LogP contribution in [0, 0.1) is 3.57 Å². The fourth-order valence-corrected chi connectivity index (χ4v) is 3.28. The number of benzene rings is 1. The van der Waals surface area contributed by atoms with Crippen molar-refractivity contribution in [1.29, 1.82) is 0 Å². The van der Waals surface area contributed by atoms with E-state index in [9.17, 15) is 9.59 Å². The van der Waals surface area contributed by atoms with Crippen molar-refractivity contribution < 1.29 is 14.3 Å². The van der Waals surface area contributed by atoms with E-state index in [0.717, 1.165) is 9.26 Å². The van der Waals surface area contributed by atoms with E-state index in [1.54, 1.807) is 4.90 Å². The molecule has 0 aromatic heterocycles. The van der Waals surface area contributed by atoms with E-state index >= 15 is 0 Å². The van der Waals surface area contributed by atoms with E-state index in [1.165, 1.54) is 11.8 Å². The van der Waals surface area contributed by atoms with Crippen LogP contribution < -0.4 is 10.2 Å². The van der Waals surface area contributed by atoms with Crippen molar-refractivity contribution >= 4 is 52.0 Å². The molecule has 0 saturated carbocycles. The first kappa shape index (κ1) is 16.4. The zero-order chi connectivity index (χ0) is 15.6. The number of carbonyl (C=O) groups is 2. The third-order valence-electron chi connectivity index (χ3n) is 2.63. The van der Waals surface area contributed by atoms with Crippen molar-refractivity contribution in [2.24, 2.45) is 0 Å². The standard InChI is InChI=1S/C14H17IN2O3S/c1-14(2,3)16-13(19)20-12-11(18)17(8-21-12)10-6-4-5-9(15)7-10/h4-7,12H,8H2,1-3H3,(H,16,19). The van der Waals surface area contributed by atoms with Crippen molar-refractivity contribution in [3.8, 4) is 0 Å². The number of hydrogen-bond donors (Lipinski definition) is 1. The molecule has 1 aromatic carbocycles. The average molecular weight is 420 g/mol. The molecule has 1 aromatic rings. The molecule has 21 heavy (non-hydrogen) atoms. The molecule has 1 aliphatic heterocycles. The van der Waals surface area contributed by atoms with Gasteiger partial charge in [0.1, 0.15) is 0 Å². The van der Waals surface area contributed by atoms with Gasteiger partial charge in [0, 0.05) is 14.8 Å². The minimum atomic E-state index is -0.787. The van der Waals surface area contributed by atoms with Crippen LogP contribution in [-0.2, 0) is 9.53 Å². The Kier molecular flexibility index (Phi) is 5.03. The van der Waals surface area contributed by atoms with Crippen LogP contribution in [0.2, 0.25) is 0 Å². The highest BCUT2D eigenvalue weighted by Gasteiger charge is 2.36. The Hall–Kier alpha value is -0.960. The van der Waals surface area contributed by atoms with Gasteiger partial charge >= 0.3 is 6.09 Å². The van der Waals surface area contributed by atoms with Crippen molar-refractivity contribution in [1.82, 2.24) is 5.32 Å². The Bertz CT molecular complexity index is 559. The number of amides is 2. The smallest absolute Gasteiger partial charge is 0.409 e. The quantitative estimate of drug-likeness (QED) is 0.747. The van der Waals surface area contributed by atoms with Crippen LogP contribution in [0.25, 0.3) is 0 Å². The lowest BCUT2D eigenvalue weighted by Gasteiger charge is -2.21. The Balaban J connectivity index is 2.00. The van der Waals surface area contributed by atoms with Gasteiger partial charge in [-0.05, 0) is 61.6 Å². The van der Waals surface area contributed by atoms with Gasteiger partial charge in [0.05, 0.1) is 5.88 Å². The maximum absolute atomic E-state index is 12.3. The van der Waals surface area contributed by atoms with Gasteiger partial charge in [-0.25, -0.2) is 4.79 Å². The van der Waals surface area contributed by atoms with Crippen LogP contribution >= 0.6 is 34.4 Å². The monoisotopic (exact) mass is 420 g/mol. The summed E-state index contributed by atoms with van der Waals surface area (Å²) in [6.07, 6.45) is -0.571. The lowest BCUT2D eigenvalue weighted by Crippen LogP contribution is -2.43. The molecule has 0 aliphatic carbocycles. The first-order valence-electron chi connectivity index (χ1n) is 6.43. The summed E-state index contributed by atoms with van der Waals surface area (Å²) in [5.74, 6) is 0.276. The molecule has 1 aliphatic rings. The van der Waals surface area contributed by atoms with Gasteiger partial charge in [-0.3, -0.25) is 9.69 Å². The highest BCUT2D eigenvalue weighted by Crippen LogP contribution is 2.30. The molecule has 1 N–H and O–H groups in total. The first-order valence-corrected chi connectivity index (χ1v) is 8.56. The molecule has 5 nitrogen and oxygen atoms in total. The molecular weight excluding hydrogens is 403 g/mol. The second-order valence-electron chi connectivity index (χ2n) is 5.65. The third kappa shape index (κ3) is 4.50. The van der Waals surface area contributed by atoms with Crippen LogP contribution in [0.15, 0.2) is 24.3 Å². The second-order valence-corrected chi connectivity index (χ2v) is 7.92. The van der Waals surface area contributed by atoms with Crippen molar-refractivity contribution in [2.75, 3.05) is 10.8 Å². The van der Waals surface area contributed by atoms with Gasteiger partial charge in [0.2, 0.25) is 5.44 Å². The fourth-order valence-electron chi connectivity index (χ4n) is 1.77. The summed E-state index contributed by atoms with van der Waals surface area (Å²) in [5, 5.41) is 2.68. The molecule has 0 radical (unpaired) electrons. The molecule has 1 atom stereocenters. The van der Waals surface area contributed by atoms with Gasteiger partial charge in [0.15, 0.2) is 0 Å². The predicted octanol–water partition coefficient (Wildman–Crippen LogP) is 3.18. The van der Waals surface area contributed by atoms with Crippen LogP contribution in [0.1, 0.15) is 20.8 Å². The van der Waals surface area contributed by atoms with E-state index in [1.807, 2.05) is 45.0 Å². The maximum Gasteiger partial charge on any atom is 0.409 e. The first-order chi connectivity index (χ1) is 9.76. The Morgan fingerprint density at radius 2 is 2.19 bits per heavy atom. The van der Waals surface area contributed by atoms with Crippen LogP contribution in [0.5, 0.6) is 0 Å². The van der Waals surface area contributed by atoms with E-state index in [2.05, 4.69) is 27.9 Å². The Morgan fingerprint density at radius 1 is 1.48 bits per heavy atom. The zero-order valence-corrected chi connectivity index (χ0v) is 15.0. The van der Waals surface area contributed by atoms with E-state index in [0.29, 0.717) is 5.88 Å². The number of ether oxygens (including phenoxy) is 1. The fraction of sp³-hybridized carbons (Fsp3) is 0.429. The molecule has 0 bridgehead atoms. The van der Waals surface area contributed by atoms with E-state index in [4.69, 9.17) is 4.74 Å². The number of nitrogens with zero attached hydrogens (tertiary/aromatic N) is 1. The molecule has 0 spiro atoms. The predicted molar refractivity (Wildman–Crippen MR) is 92.3 cm³/mol. The van der Waals surface area contributed by atoms with Gasteiger partial charge in [0.25, 0.3) is 5.91 Å². The highest BCUT2D eigenvalue weighted by atomic mass is 127. The van der Waals surface area contributed by atoms with Gasteiger partial charge in [-0.1, -0.05) is 17.8 Å². The summed E-state index contributed by atoms with van der Waals surface area (Å²) in [7, 11) is 0. The molecule has 1 fully saturated rings. The molecule has 1 unspecified atom stereocenters. The molecule has 2 rings (SSSR count). The molecule has 7 heteroatoms. The number of thioether (sulfide) groups is 1. The summed E-state index contributed by atoms with van der Waals surface area (Å²) < 4.78 is 6.25. The van der Waals surface area contributed by atoms with Crippen molar-refractivity contribution in [3.05, 3.63) is 27.8 Å². The lowest BCUT2D eigenvalue weighted by molar-refractivity contribution is -0.122. The van der Waals surface area contributed by atoms with Crippen LogP contribution in [0.4, 0.5) is 10.5 Å². The van der Waals surface area contributed by atoms with E-state index < -0.39 is 17.1 Å². The molecule has 1 saturated heterocycles. The number of carbonyl (C=O) groups excluding carboxylic acids is 2. The summed E-state index contributed by atoms with van der Waals surface area (Å²) in [6, 6.07) is 7.66. The number of alkyl carbamates (subject to hydrolysis) is 1. The minimum Gasteiger partial charge on any atom is -0.425 e. The number of anilines is 1. The van der Waals surface area contributed by atoms with Gasteiger partial charge in [-0.2, -0.15) is 0 Å². The molecule has 114 valence electrons. The summed E-state index contributed by atoms with van der Waals surface area (Å²) in [6.45, 7) is 5.57. The van der Waals surface area contributed by atoms with Crippen molar-refractivity contribution in [2.45, 2.75) is 31.7 Å².